The van der Waals surface area contributed by atoms with Gasteiger partial charge in [0.2, 0.25) is 10.0 Å². The van der Waals surface area contributed by atoms with E-state index in [1.165, 1.54) is 16.6 Å². The van der Waals surface area contributed by atoms with Crippen molar-refractivity contribution in [3.8, 4) is 0 Å². The molecular weight excluding hydrogens is 308 g/mol. The van der Waals surface area contributed by atoms with E-state index in [1.807, 2.05) is 0 Å². The first-order chi connectivity index (χ1) is 10.2. The lowest BCUT2D eigenvalue weighted by atomic mass is 10.4. The lowest BCUT2D eigenvalue weighted by molar-refractivity contribution is -0.148. The molecule has 0 amide bonds. The second kappa shape index (κ2) is 7.55. The van der Waals surface area contributed by atoms with E-state index in [4.69, 9.17) is 4.74 Å². The topological polar surface area (TPSA) is 85.7 Å². The molecule has 0 aromatic carbocycles. The summed E-state index contributed by atoms with van der Waals surface area (Å²) >= 11 is 0. The number of esters is 1. The van der Waals surface area contributed by atoms with Crippen LogP contribution in [0.15, 0.2) is 28.0 Å². The Balaban J connectivity index is 3.14. The lowest BCUT2D eigenvalue weighted by Crippen LogP contribution is -2.32. The smallest absolute Gasteiger partial charge is 0.326 e. The lowest BCUT2D eigenvalue weighted by Gasteiger charge is -2.19. The molecule has 1 aromatic rings. The van der Waals surface area contributed by atoms with Gasteiger partial charge in [-0.25, -0.2) is 8.42 Å². The maximum Gasteiger partial charge on any atom is 0.326 e. The zero-order valence-electron chi connectivity index (χ0n) is 13.3. The minimum Gasteiger partial charge on any atom is -0.462 e. The summed E-state index contributed by atoms with van der Waals surface area (Å²) in [6, 6.07) is 2.39. The van der Waals surface area contributed by atoms with Crippen LogP contribution in [0.5, 0.6) is 0 Å². The monoisotopic (exact) mass is 330 g/mol. The van der Waals surface area contributed by atoms with Gasteiger partial charge in [-0.2, -0.15) is 4.31 Å². The van der Waals surface area contributed by atoms with Crippen LogP contribution in [0.25, 0.3) is 0 Å². The first-order valence-corrected chi connectivity index (χ1v) is 8.56. The molecule has 0 aliphatic heterocycles. The summed E-state index contributed by atoms with van der Waals surface area (Å²) in [7, 11) is -3.68. The molecular formula is C14H22N2O5S. The number of hydrogen-bond acceptors (Lipinski definition) is 5. The normalized spacial score (nSPS) is 11.9. The maximum absolute atomic E-state index is 12.4. The van der Waals surface area contributed by atoms with E-state index in [0.29, 0.717) is 13.1 Å². The number of carbonyl (C=O) groups is 1. The van der Waals surface area contributed by atoms with Crippen LogP contribution < -0.4 is 5.56 Å². The largest absolute Gasteiger partial charge is 0.462 e. The molecule has 0 saturated heterocycles. The van der Waals surface area contributed by atoms with Crippen molar-refractivity contribution in [2.45, 2.75) is 45.2 Å². The Hall–Kier alpha value is -1.67. The van der Waals surface area contributed by atoms with Crippen LogP contribution in [0.2, 0.25) is 0 Å². The third kappa shape index (κ3) is 4.41. The van der Waals surface area contributed by atoms with Crippen LogP contribution in [0.1, 0.15) is 27.7 Å². The van der Waals surface area contributed by atoms with Gasteiger partial charge in [-0.3, -0.25) is 9.59 Å². The number of hydrogen-bond donors (Lipinski definition) is 0. The third-order valence-corrected chi connectivity index (χ3v) is 5.00. The van der Waals surface area contributed by atoms with Crippen molar-refractivity contribution < 1.29 is 17.9 Å². The zero-order chi connectivity index (χ0) is 16.9. The highest BCUT2D eigenvalue weighted by molar-refractivity contribution is 7.89. The molecule has 0 saturated carbocycles. The highest BCUT2D eigenvalue weighted by atomic mass is 32.2. The van der Waals surface area contributed by atoms with Crippen molar-refractivity contribution in [2.75, 3.05) is 13.1 Å². The third-order valence-electron chi connectivity index (χ3n) is 2.97. The standard InChI is InChI=1S/C14H22N2O5S/c1-5-16(6-2)22(19,20)12-7-8-13(17)15(9-12)10-14(18)21-11(3)4/h7-9,11H,5-6,10H2,1-4H3. The van der Waals surface area contributed by atoms with Gasteiger partial charge in [-0.1, -0.05) is 13.8 Å². The van der Waals surface area contributed by atoms with Gasteiger partial charge in [0.25, 0.3) is 5.56 Å². The van der Waals surface area contributed by atoms with E-state index in [9.17, 15) is 18.0 Å². The average molecular weight is 330 g/mol. The summed E-state index contributed by atoms with van der Waals surface area (Å²) < 4.78 is 32.1. The number of nitrogens with zero attached hydrogens (tertiary/aromatic N) is 2. The quantitative estimate of drug-likeness (QED) is 0.691. The fourth-order valence-corrected chi connectivity index (χ4v) is 3.42. The number of pyridine rings is 1. The van der Waals surface area contributed by atoms with E-state index in [-0.39, 0.29) is 17.5 Å². The van der Waals surface area contributed by atoms with E-state index in [2.05, 4.69) is 0 Å². The van der Waals surface area contributed by atoms with Crippen molar-refractivity contribution >= 4 is 16.0 Å². The predicted octanol–water partition coefficient (Wildman–Crippen LogP) is 0.830. The van der Waals surface area contributed by atoms with Gasteiger partial charge >= 0.3 is 5.97 Å². The minimum atomic E-state index is -3.68. The second-order valence-corrected chi connectivity index (χ2v) is 6.90. The maximum atomic E-state index is 12.4. The summed E-state index contributed by atoms with van der Waals surface area (Å²) in [4.78, 5) is 23.4. The van der Waals surface area contributed by atoms with Crippen LogP contribution >= 0.6 is 0 Å². The molecule has 22 heavy (non-hydrogen) atoms. The Kier molecular flexibility index (Phi) is 6.31. The number of ether oxygens (including phenoxy) is 1. The van der Waals surface area contributed by atoms with Crippen molar-refractivity contribution in [2.24, 2.45) is 0 Å². The van der Waals surface area contributed by atoms with Crippen LogP contribution in [-0.4, -0.2) is 42.5 Å². The van der Waals surface area contributed by atoms with Crippen LogP contribution in [0, 0.1) is 0 Å². The van der Waals surface area contributed by atoms with Gasteiger partial charge in [0.1, 0.15) is 6.54 Å². The molecule has 8 heteroatoms. The Morgan fingerprint density at radius 1 is 1.27 bits per heavy atom. The predicted molar refractivity (Wildman–Crippen MR) is 82.0 cm³/mol. The molecule has 1 heterocycles. The van der Waals surface area contributed by atoms with Crippen LogP contribution in [0.4, 0.5) is 0 Å². The van der Waals surface area contributed by atoms with Gasteiger partial charge in [-0.15, -0.1) is 0 Å². The van der Waals surface area contributed by atoms with Crippen molar-refractivity contribution in [1.82, 2.24) is 8.87 Å². The molecule has 0 radical (unpaired) electrons. The molecule has 0 atom stereocenters. The summed E-state index contributed by atoms with van der Waals surface area (Å²) in [5.41, 5.74) is -0.459. The molecule has 0 bridgehead atoms. The number of aromatic nitrogens is 1. The zero-order valence-corrected chi connectivity index (χ0v) is 14.1. The Bertz CT molecular complexity index is 675. The Morgan fingerprint density at radius 3 is 2.36 bits per heavy atom. The molecule has 1 aromatic heterocycles. The van der Waals surface area contributed by atoms with E-state index in [1.54, 1.807) is 27.7 Å². The van der Waals surface area contributed by atoms with Crippen molar-refractivity contribution in [3.63, 3.8) is 0 Å². The minimum absolute atomic E-state index is 0.0202. The molecule has 0 N–H and O–H groups in total. The molecule has 0 spiro atoms. The Morgan fingerprint density at radius 2 is 1.86 bits per heavy atom. The SMILES string of the molecule is CCN(CC)S(=O)(=O)c1ccc(=O)n(CC(=O)OC(C)C)c1. The van der Waals surface area contributed by atoms with Crippen LogP contribution in [0.3, 0.4) is 0 Å². The fourth-order valence-electron chi connectivity index (χ4n) is 1.94. The van der Waals surface area contributed by atoms with E-state index in [0.717, 1.165) is 10.6 Å². The summed E-state index contributed by atoms with van der Waals surface area (Å²) in [6.07, 6.45) is 0.878. The number of rotatable bonds is 7. The van der Waals surface area contributed by atoms with Gasteiger partial charge < -0.3 is 9.30 Å². The first kappa shape index (κ1) is 18.4. The summed E-state index contributed by atoms with van der Waals surface area (Å²) in [6.45, 7) is 7.19. The van der Waals surface area contributed by atoms with Gasteiger partial charge in [-0.05, 0) is 19.9 Å². The van der Waals surface area contributed by atoms with E-state index < -0.39 is 21.6 Å². The highest BCUT2D eigenvalue weighted by Gasteiger charge is 2.22. The molecule has 1 rings (SSSR count). The first-order valence-electron chi connectivity index (χ1n) is 7.12. The van der Waals surface area contributed by atoms with Gasteiger partial charge in [0.05, 0.1) is 11.0 Å². The van der Waals surface area contributed by atoms with Gasteiger partial charge in [0, 0.05) is 25.4 Å². The Labute approximate surface area is 130 Å². The van der Waals surface area contributed by atoms with E-state index >= 15 is 0 Å². The highest BCUT2D eigenvalue weighted by Crippen LogP contribution is 2.13. The summed E-state index contributed by atoms with van der Waals surface area (Å²) in [5, 5.41) is 0. The fraction of sp³-hybridized carbons (Fsp3) is 0.571. The average Bonchev–Trinajstić information content (AvgIpc) is 2.41. The molecule has 7 nitrogen and oxygen atoms in total. The second-order valence-electron chi connectivity index (χ2n) is 4.96. The van der Waals surface area contributed by atoms with Crippen molar-refractivity contribution in [1.29, 1.82) is 0 Å². The number of carbonyl (C=O) groups excluding carboxylic acids is 1. The molecule has 0 aliphatic carbocycles. The molecule has 0 aliphatic rings. The van der Waals surface area contributed by atoms with Crippen LogP contribution in [-0.2, 0) is 26.1 Å². The molecule has 0 fully saturated rings. The molecule has 0 unspecified atom stereocenters. The number of sulfonamides is 1. The molecule has 124 valence electrons. The van der Waals surface area contributed by atoms with Crippen molar-refractivity contribution in [3.05, 3.63) is 28.7 Å². The summed E-state index contributed by atoms with van der Waals surface area (Å²) in [5.74, 6) is -0.588. The van der Waals surface area contributed by atoms with Gasteiger partial charge in [0.15, 0.2) is 0 Å².